The minimum absolute atomic E-state index is 0.791. The predicted octanol–water partition coefficient (Wildman–Crippen LogP) is 0.155. The Labute approximate surface area is 115 Å². The number of nitrogens with two attached hydrogens (primary N) is 1. The number of aryl methyl sites for hydroxylation is 1. The summed E-state index contributed by atoms with van der Waals surface area (Å²) >= 11 is 0. The molecule has 6 heteroatoms. The maximum absolute atomic E-state index is 5.58. The molecule has 0 atom stereocenters. The molecule has 19 heavy (non-hydrogen) atoms. The fourth-order valence-electron chi connectivity index (χ4n) is 2.60. The summed E-state index contributed by atoms with van der Waals surface area (Å²) in [5, 5.41) is 4.23. The first kappa shape index (κ1) is 14.4. The largest absolute Gasteiger partial charge is 0.330 e. The third kappa shape index (κ3) is 4.26. The zero-order valence-corrected chi connectivity index (χ0v) is 12.0. The van der Waals surface area contributed by atoms with E-state index in [1.54, 1.807) is 6.33 Å². The molecule has 1 fully saturated rings. The average Bonchev–Trinajstić information content (AvgIpc) is 2.75. The predicted molar refractivity (Wildman–Crippen MR) is 75.7 cm³/mol. The van der Waals surface area contributed by atoms with E-state index in [1.165, 1.54) is 13.0 Å². The summed E-state index contributed by atoms with van der Waals surface area (Å²) in [6.45, 7) is 10.4. The van der Waals surface area contributed by atoms with E-state index in [0.717, 1.165) is 58.1 Å². The maximum atomic E-state index is 5.58. The van der Waals surface area contributed by atoms with Gasteiger partial charge in [0.15, 0.2) is 0 Å². The molecule has 1 aromatic rings. The maximum Gasteiger partial charge on any atom is 0.140 e. The Morgan fingerprint density at radius 2 is 2.00 bits per heavy atom. The van der Waals surface area contributed by atoms with E-state index in [9.17, 15) is 0 Å². The molecule has 0 aliphatic carbocycles. The number of aromatic nitrogens is 3. The minimum atomic E-state index is 0.791. The quantitative estimate of drug-likeness (QED) is 0.794. The van der Waals surface area contributed by atoms with E-state index < -0.39 is 0 Å². The monoisotopic (exact) mass is 266 g/mol. The van der Waals surface area contributed by atoms with Gasteiger partial charge in [-0.2, -0.15) is 5.10 Å². The molecule has 1 saturated heterocycles. The first-order valence-electron chi connectivity index (χ1n) is 7.35. The van der Waals surface area contributed by atoms with Crippen LogP contribution in [0.1, 0.15) is 25.6 Å². The number of nitrogens with zero attached hydrogens (tertiary/aromatic N) is 5. The second kappa shape index (κ2) is 7.57. The normalized spacial score (nSPS) is 18.6. The molecule has 0 bridgehead atoms. The molecule has 0 spiro atoms. The van der Waals surface area contributed by atoms with E-state index in [4.69, 9.17) is 5.73 Å². The van der Waals surface area contributed by atoms with Gasteiger partial charge in [-0.15, -0.1) is 0 Å². The van der Waals surface area contributed by atoms with Gasteiger partial charge in [0.25, 0.3) is 0 Å². The highest BCUT2D eigenvalue weighted by atomic mass is 15.3. The highest BCUT2D eigenvalue weighted by Gasteiger charge is 2.16. The van der Waals surface area contributed by atoms with Crippen LogP contribution in [-0.4, -0.2) is 63.8 Å². The van der Waals surface area contributed by atoms with Gasteiger partial charge in [-0.1, -0.05) is 0 Å². The molecule has 108 valence electrons. The lowest BCUT2D eigenvalue weighted by molar-refractivity contribution is 0.244. The van der Waals surface area contributed by atoms with E-state index in [2.05, 4.69) is 26.8 Å². The van der Waals surface area contributed by atoms with Crippen LogP contribution < -0.4 is 5.73 Å². The average molecular weight is 266 g/mol. The van der Waals surface area contributed by atoms with Gasteiger partial charge in [0.1, 0.15) is 12.2 Å². The van der Waals surface area contributed by atoms with Crippen molar-refractivity contribution in [1.82, 2.24) is 24.6 Å². The lowest BCUT2D eigenvalue weighted by atomic mass is 10.3. The van der Waals surface area contributed by atoms with Gasteiger partial charge in [0, 0.05) is 19.6 Å². The van der Waals surface area contributed by atoms with Crippen LogP contribution in [-0.2, 0) is 13.1 Å². The first-order valence-corrected chi connectivity index (χ1v) is 7.35. The van der Waals surface area contributed by atoms with Crippen LogP contribution in [0.15, 0.2) is 6.33 Å². The molecule has 1 aromatic heterocycles. The molecule has 6 nitrogen and oxygen atoms in total. The second-order valence-electron chi connectivity index (χ2n) is 5.11. The van der Waals surface area contributed by atoms with Gasteiger partial charge in [-0.3, -0.25) is 4.90 Å². The van der Waals surface area contributed by atoms with Crippen LogP contribution in [0.5, 0.6) is 0 Å². The number of hydrogen-bond donors (Lipinski definition) is 1. The van der Waals surface area contributed by atoms with E-state index in [1.807, 2.05) is 4.68 Å². The SMILES string of the molecule is CCn1ncnc1CN1CCCN(CCCN)CC1. The Kier molecular flexibility index (Phi) is 5.75. The fourth-order valence-corrected chi connectivity index (χ4v) is 2.60. The molecule has 0 unspecified atom stereocenters. The Bertz CT molecular complexity index is 364. The van der Waals surface area contributed by atoms with Gasteiger partial charge >= 0.3 is 0 Å². The molecular formula is C13H26N6. The number of rotatable bonds is 6. The van der Waals surface area contributed by atoms with Crippen LogP contribution in [0.25, 0.3) is 0 Å². The molecule has 1 aliphatic heterocycles. The third-order valence-electron chi connectivity index (χ3n) is 3.72. The van der Waals surface area contributed by atoms with Crippen LogP contribution in [0, 0.1) is 0 Å². The summed E-state index contributed by atoms with van der Waals surface area (Å²) in [4.78, 5) is 9.37. The van der Waals surface area contributed by atoms with Crippen LogP contribution in [0.3, 0.4) is 0 Å². The fraction of sp³-hybridized carbons (Fsp3) is 0.846. The smallest absolute Gasteiger partial charge is 0.140 e. The van der Waals surface area contributed by atoms with Crippen molar-refractivity contribution in [3.05, 3.63) is 12.2 Å². The Morgan fingerprint density at radius 3 is 2.79 bits per heavy atom. The Morgan fingerprint density at radius 1 is 1.21 bits per heavy atom. The van der Waals surface area contributed by atoms with Gasteiger partial charge in [-0.05, 0) is 45.9 Å². The van der Waals surface area contributed by atoms with Crippen molar-refractivity contribution in [3.8, 4) is 0 Å². The molecule has 2 rings (SSSR count). The Balaban J connectivity index is 1.82. The topological polar surface area (TPSA) is 63.2 Å². The van der Waals surface area contributed by atoms with Gasteiger partial charge in [-0.25, -0.2) is 9.67 Å². The van der Waals surface area contributed by atoms with Gasteiger partial charge in [0.2, 0.25) is 0 Å². The van der Waals surface area contributed by atoms with Crippen molar-refractivity contribution in [2.45, 2.75) is 32.9 Å². The molecule has 0 aromatic carbocycles. The lowest BCUT2D eigenvalue weighted by Crippen LogP contribution is -2.32. The van der Waals surface area contributed by atoms with Crippen LogP contribution in [0.2, 0.25) is 0 Å². The molecule has 0 amide bonds. The third-order valence-corrected chi connectivity index (χ3v) is 3.72. The first-order chi connectivity index (χ1) is 9.33. The zero-order chi connectivity index (χ0) is 13.5. The van der Waals surface area contributed by atoms with Crippen molar-refractivity contribution in [3.63, 3.8) is 0 Å². The van der Waals surface area contributed by atoms with Crippen molar-refractivity contribution in [1.29, 1.82) is 0 Å². The molecule has 2 heterocycles. The second-order valence-corrected chi connectivity index (χ2v) is 5.11. The zero-order valence-electron chi connectivity index (χ0n) is 12.0. The Hall–Kier alpha value is -0.980. The molecular weight excluding hydrogens is 240 g/mol. The highest BCUT2D eigenvalue weighted by Crippen LogP contribution is 2.07. The molecule has 1 aliphatic rings. The lowest BCUT2D eigenvalue weighted by Gasteiger charge is -2.21. The van der Waals surface area contributed by atoms with E-state index in [-0.39, 0.29) is 0 Å². The number of hydrogen-bond acceptors (Lipinski definition) is 5. The minimum Gasteiger partial charge on any atom is -0.330 e. The summed E-state index contributed by atoms with van der Waals surface area (Å²) in [6, 6.07) is 0. The summed E-state index contributed by atoms with van der Waals surface area (Å²) in [5.74, 6) is 1.08. The van der Waals surface area contributed by atoms with E-state index >= 15 is 0 Å². The summed E-state index contributed by atoms with van der Waals surface area (Å²) in [7, 11) is 0. The van der Waals surface area contributed by atoms with Crippen molar-refractivity contribution in [2.75, 3.05) is 39.3 Å². The van der Waals surface area contributed by atoms with Crippen molar-refractivity contribution >= 4 is 0 Å². The van der Waals surface area contributed by atoms with Crippen molar-refractivity contribution < 1.29 is 0 Å². The molecule has 2 N–H and O–H groups in total. The highest BCUT2D eigenvalue weighted by molar-refractivity contribution is 4.85. The van der Waals surface area contributed by atoms with Crippen LogP contribution in [0.4, 0.5) is 0 Å². The van der Waals surface area contributed by atoms with E-state index in [0.29, 0.717) is 0 Å². The molecule has 0 saturated carbocycles. The summed E-state index contributed by atoms with van der Waals surface area (Å²) in [5.41, 5.74) is 5.58. The van der Waals surface area contributed by atoms with Crippen LogP contribution >= 0.6 is 0 Å². The van der Waals surface area contributed by atoms with Gasteiger partial charge in [0.05, 0.1) is 6.54 Å². The molecule has 0 radical (unpaired) electrons. The standard InChI is InChI=1S/C13H26N6/c1-2-19-13(15-12-16-19)11-18-8-4-7-17(9-10-18)6-3-5-14/h12H,2-11,14H2,1H3. The van der Waals surface area contributed by atoms with Gasteiger partial charge < -0.3 is 10.6 Å². The summed E-state index contributed by atoms with van der Waals surface area (Å²) < 4.78 is 1.98. The summed E-state index contributed by atoms with van der Waals surface area (Å²) in [6.07, 6.45) is 3.99. The van der Waals surface area contributed by atoms with Crippen molar-refractivity contribution in [2.24, 2.45) is 5.73 Å².